The van der Waals surface area contributed by atoms with E-state index in [0.29, 0.717) is 5.56 Å². The first-order chi connectivity index (χ1) is 14.3. The molecule has 154 valence electrons. The molecule has 0 atom stereocenters. The summed E-state index contributed by atoms with van der Waals surface area (Å²) < 4.78 is 40.6. The number of nitrogens with zero attached hydrogens (tertiary/aromatic N) is 2. The standard InChI is InChI=1S/C20H15F3N4O3/c1-24-19(29)14-9-25-18(11-2-4-12(21)5-3-11)27(20(14)30)10-17(28)26-13-6-7-15(22)16(23)8-13/h2-9H,10H2,1H3,(H,24,29)(H,26,28). The predicted molar refractivity (Wildman–Crippen MR) is 102 cm³/mol. The molecule has 0 saturated heterocycles. The van der Waals surface area contributed by atoms with Crippen LogP contribution in [0.25, 0.3) is 11.4 Å². The normalized spacial score (nSPS) is 10.5. The number of amides is 2. The van der Waals surface area contributed by atoms with Crippen molar-refractivity contribution >= 4 is 17.5 Å². The van der Waals surface area contributed by atoms with E-state index in [1.165, 1.54) is 19.2 Å². The highest BCUT2D eigenvalue weighted by molar-refractivity contribution is 5.94. The summed E-state index contributed by atoms with van der Waals surface area (Å²) >= 11 is 0. The third-order valence-corrected chi connectivity index (χ3v) is 4.13. The van der Waals surface area contributed by atoms with Gasteiger partial charge < -0.3 is 10.6 Å². The van der Waals surface area contributed by atoms with E-state index in [2.05, 4.69) is 15.6 Å². The zero-order valence-corrected chi connectivity index (χ0v) is 15.6. The van der Waals surface area contributed by atoms with Gasteiger partial charge in [-0.3, -0.25) is 19.0 Å². The van der Waals surface area contributed by atoms with Crippen LogP contribution in [-0.4, -0.2) is 28.4 Å². The van der Waals surface area contributed by atoms with Crippen molar-refractivity contribution in [3.05, 3.63) is 82.0 Å². The fourth-order valence-corrected chi connectivity index (χ4v) is 2.68. The summed E-state index contributed by atoms with van der Waals surface area (Å²) in [7, 11) is 1.33. The lowest BCUT2D eigenvalue weighted by molar-refractivity contribution is -0.116. The van der Waals surface area contributed by atoms with Crippen molar-refractivity contribution in [1.29, 1.82) is 0 Å². The van der Waals surface area contributed by atoms with Crippen LogP contribution in [0.5, 0.6) is 0 Å². The first kappa shape index (κ1) is 20.8. The monoisotopic (exact) mass is 416 g/mol. The summed E-state index contributed by atoms with van der Waals surface area (Å²) in [6, 6.07) is 7.81. The zero-order valence-electron chi connectivity index (χ0n) is 15.6. The minimum atomic E-state index is -1.15. The average Bonchev–Trinajstić information content (AvgIpc) is 2.72. The number of hydrogen-bond acceptors (Lipinski definition) is 4. The molecule has 2 aromatic carbocycles. The van der Waals surface area contributed by atoms with Gasteiger partial charge in [0.1, 0.15) is 23.7 Å². The van der Waals surface area contributed by atoms with Crippen LogP contribution in [0.3, 0.4) is 0 Å². The highest BCUT2D eigenvalue weighted by atomic mass is 19.2. The third-order valence-electron chi connectivity index (χ3n) is 4.13. The first-order valence-electron chi connectivity index (χ1n) is 8.63. The number of benzene rings is 2. The largest absolute Gasteiger partial charge is 0.355 e. The maximum atomic E-state index is 13.4. The van der Waals surface area contributed by atoms with E-state index in [-0.39, 0.29) is 17.1 Å². The van der Waals surface area contributed by atoms with Crippen molar-refractivity contribution in [2.45, 2.75) is 6.54 Å². The van der Waals surface area contributed by atoms with E-state index >= 15 is 0 Å². The summed E-state index contributed by atoms with van der Waals surface area (Å²) in [5.41, 5.74) is -0.795. The molecule has 3 aromatic rings. The Kier molecular flexibility index (Phi) is 5.95. The van der Waals surface area contributed by atoms with E-state index in [4.69, 9.17) is 0 Å². The number of aromatic nitrogens is 2. The molecule has 0 unspecified atom stereocenters. The number of nitrogens with one attached hydrogen (secondary N) is 2. The van der Waals surface area contributed by atoms with Gasteiger partial charge in [0, 0.05) is 30.6 Å². The highest BCUT2D eigenvalue weighted by Crippen LogP contribution is 2.17. The average molecular weight is 416 g/mol. The number of rotatable bonds is 5. The summed E-state index contributed by atoms with van der Waals surface area (Å²) in [5.74, 6) is -4.17. The Morgan fingerprint density at radius 2 is 1.73 bits per heavy atom. The molecule has 3 rings (SSSR count). The van der Waals surface area contributed by atoms with Gasteiger partial charge in [-0.1, -0.05) is 0 Å². The number of carbonyl (C=O) groups excluding carboxylic acids is 2. The third kappa shape index (κ3) is 4.37. The van der Waals surface area contributed by atoms with Crippen molar-refractivity contribution in [3.8, 4) is 11.4 Å². The van der Waals surface area contributed by atoms with Crippen molar-refractivity contribution < 1.29 is 22.8 Å². The Morgan fingerprint density at radius 1 is 1.03 bits per heavy atom. The zero-order chi connectivity index (χ0) is 21.8. The van der Waals surface area contributed by atoms with Gasteiger partial charge in [-0.15, -0.1) is 0 Å². The van der Waals surface area contributed by atoms with Crippen LogP contribution < -0.4 is 16.2 Å². The van der Waals surface area contributed by atoms with Crippen LogP contribution in [0.2, 0.25) is 0 Å². The Morgan fingerprint density at radius 3 is 2.37 bits per heavy atom. The number of hydrogen-bond donors (Lipinski definition) is 2. The molecule has 0 spiro atoms. The first-order valence-corrected chi connectivity index (χ1v) is 8.63. The minimum Gasteiger partial charge on any atom is -0.355 e. The molecule has 2 N–H and O–H groups in total. The summed E-state index contributed by atoms with van der Waals surface area (Å²) in [6.45, 7) is -0.581. The number of anilines is 1. The molecule has 0 aliphatic rings. The molecular formula is C20H15F3N4O3. The maximum Gasteiger partial charge on any atom is 0.267 e. The van der Waals surface area contributed by atoms with E-state index in [1.807, 2.05) is 0 Å². The smallest absolute Gasteiger partial charge is 0.267 e. The lowest BCUT2D eigenvalue weighted by Crippen LogP contribution is -2.35. The Balaban J connectivity index is 2.00. The number of halogens is 3. The van der Waals surface area contributed by atoms with Gasteiger partial charge in [0.15, 0.2) is 11.6 Å². The molecule has 1 heterocycles. The molecule has 2 amide bonds. The Hall–Kier alpha value is -3.95. The highest BCUT2D eigenvalue weighted by Gasteiger charge is 2.19. The fourth-order valence-electron chi connectivity index (χ4n) is 2.68. The van der Waals surface area contributed by atoms with Gasteiger partial charge >= 0.3 is 0 Å². The van der Waals surface area contributed by atoms with Crippen LogP contribution in [-0.2, 0) is 11.3 Å². The lowest BCUT2D eigenvalue weighted by Gasteiger charge is -2.14. The van der Waals surface area contributed by atoms with Gasteiger partial charge in [-0.05, 0) is 36.4 Å². The van der Waals surface area contributed by atoms with Crippen LogP contribution >= 0.6 is 0 Å². The van der Waals surface area contributed by atoms with Gasteiger partial charge in [-0.2, -0.15) is 0 Å². The molecule has 10 heteroatoms. The van der Waals surface area contributed by atoms with Gasteiger partial charge in [-0.25, -0.2) is 18.2 Å². The molecule has 30 heavy (non-hydrogen) atoms. The second-order valence-electron chi connectivity index (χ2n) is 6.15. The molecule has 1 aromatic heterocycles. The van der Waals surface area contributed by atoms with Crippen molar-refractivity contribution in [3.63, 3.8) is 0 Å². The second kappa shape index (κ2) is 8.60. The Labute approximate surface area is 168 Å². The molecule has 0 aliphatic carbocycles. The van der Waals surface area contributed by atoms with Gasteiger partial charge in [0.25, 0.3) is 11.5 Å². The molecule has 0 aliphatic heterocycles. The summed E-state index contributed by atoms with van der Waals surface area (Å²) in [4.78, 5) is 41.3. The molecule has 0 bridgehead atoms. The lowest BCUT2D eigenvalue weighted by atomic mass is 10.2. The van der Waals surface area contributed by atoms with E-state index < -0.39 is 41.4 Å². The van der Waals surface area contributed by atoms with E-state index in [1.54, 1.807) is 0 Å². The fraction of sp³-hybridized carbons (Fsp3) is 0.100. The van der Waals surface area contributed by atoms with Crippen LogP contribution in [0, 0.1) is 17.5 Å². The SMILES string of the molecule is CNC(=O)c1cnc(-c2ccc(F)cc2)n(CC(=O)Nc2ccc(F)c(F)c2)c1=O. The molecule has 0 radical (unpaired) electrons. The van der Waals surface area contributed by atoms with Crippen LogP contribution in [0.1, 0.15) is 10.4 Å². The summed E-state index contributed by atoms with van der Waals surface area (Å²) in [6.07, 6.45) is 1.06. The number of carbonyl (C=O) groups is 2. The van der Waals surface area contributed by atoms with Crippen molar-refractivity contribution in [1.82, 2.24) is 14.9 Å². The quantitative estimate of drug-likeness (QED) is 0.668. The van der Waals surface area contributed by atoms with Gasteiger partial charge in [0.2, 0.25) is 5.91 Å². The molecule has 0 saturated carbocycles. The molecular weight excluding hydrogens is 401 g/mol. The van der Waals surface area contributed by atoms with Crippen LogP contribution in [0.15, 0.2) is 53.5 Å². The topological polar surface area (TPSA) is 93.1 Å². The summed E-state index contributed by atoms with van der Waals surface area (Å²) in [5, 5.41) is 4.64. The van der Waals surface area contributed by atoms with Crippen LogP contribution in [0.4, 0.5) is 18.9 Å². The Bertz CT molecular complexity index is 1180. The van der Waals surface area contributed by atoms with Crippen molar-refractivity contribution in [2.75, 3.05) is 12.4 Å². The van der Waals surface area contributed by atoms with Crippen molar-refractivity contribution in [2.24, 2.45) is 0 Å². The molecule has 7 nitrogen and oxygen atoms in total. The van der Waals surface area contributed by atoms with E-state index in [9.17, 15) is 27.6 Å². The second-order valence-corrected chi connectivity index (χ2v) is 6.15. The molecule has 0 fully saturated rings. The van der Waals surface area contributed by atoms with E-state index in [0.717, 1.165) is 41.1 Å². The predicted octanol–water partition coefficient (Wildman–Crippen LogP) is 2.33. The van der Waals surface area contributed by atoms with Gasteiger partial charge in [0.05, 0.1) is 0 Å². The maximum absolute atomic E-state index is 13.4. The minimum absolute atomic E-state index is 0.0214.